The van der Waals surface area contributed by atoms with Crippen LogP contribution in [0.5, 0.6) is 5.75 Å². The highest BCUT2D eigenvalue weighted by molar-refractivity contribution is 5.91. The molecule has 0 aliphatic carbocycles. The highest BCUT2D eigenvalue weighted by atomic mass is 19.1. The quantitative estimate of drug-likeness (QED) is 0.320. The zero-order valence-corrected chi connectivity index (χ0v) is 15.0. The summed E-state index contributed by atoms with van der Waals surface area (Å²) in [6, 6.07) is 4.06. The molecule has 0 spiro atoms. The monoisotopic (exact) mass is 402 g/mol. The molecule has 28 heavy (non-hydrogen) atoms. The number of alkyl halides is 1. The van der Waals surface area contributed by atoms with Crippen molar-refractivity contribution in [2.45, 2.75) is 43.8 Å². The Morgan fingerprint density at radius 3 is 2.54 bits per heavy atom. The number of carbonyl (C=O) groups excluding carboxylic acids is 1. The van der Waals surface area contributed by atoms with E-state index in [9.17, 15) is 29.3 Å². The number of halogens is 1. The number of aliphatic hydroxyl groups excluding tert-OH is 3. The molecule has 2 rings (SSSR count). The van der Waals surface area contributed by atoms with E-state index in [0.717, 1.165) is 0 Å². The smallest absolute Gasteiger partial charge is 0.335 e. The SMILES string of the molecule is CNCCC(=O)Nc1ccc(OC2OC(C(=O)O)C(O)C(O)C2O)c(CF)c1. The Morgan fingerprint density at radius 2 is 1.93 bits per heavy atom. The average molecular weight is 402 g/mol. The van der Waals surface area contributed by atoms with Crippen LogP contribution >= 0.6 is 0 Å². The standard InChI is InChI=1S/C17H23FN2O8/c1-19-5-4-11(21)20-9-2-3-10(8(6-9)7-18)27-17-14(24)12(22)13(23)15(28-17)16(25)26/h2-3,6,12-15,17,19,22-24H,4-5,7H2,1H3,(H,20,21)(H,25,26). The van der Waals surface area contributed by atoms with Gasteiger partial charge < -0.3 is 40.5 Å². The van der Waals surface area contributed by atoms with Crippen molar-refractivity contribution in [3.8, 4) is 5.75 Å². The number of rotatable bonds is 8. The van der Waals surface area contributed by atoms with Crippen LogP contribution < -0.4 is 15.4 Å². The molecule has 5 atom stereocenters. The predicted molar refractivity (Wildman–Crippen MR) is 93.4 cm³/mol. The van der Waals surface area contributed by atoms with Crippen molar-refractivity contribution < 1.29 is 43.9 Å². The average Bonchev–Trinajstić information content (AvgIpc) is 2.67. The normalized spacial score (nSPS) is 27.2. The van der Waals surface area contributed by atoms with E-state index in [0.29, 0.717) is 12.2 Å². The molecule has 1 saturated heterocycles. The zero-order chi connectivity index (χ0) is 20.8. The first-order chi connectivity index (χ1) is 13.3. The lowest BCUT2D eigenvalue weighted by atomic mass is 9.99. The fourth-order valence-corrected chi connectivity index (χ4v) is 2.61. The number of aliphatic hydroxyl groups is 3. The molecule has 1 heterocycles. The summed E-state index contributed by atoms with van der Waals surface area (Å²) in [5.41, 5.74) is 0.333. The van der Waals surface area contributed by atoms with E-state index in [1.54, 1.807) is 7.05 Å². The topological polar surface area (TPSA) is 158 Å². The second-order valence-electron chi connectivity index (χ2n) is 6.21. The summed E-state index contributed by atoms with van der Waals surface area (Å²) in [6.45, 7) is -0.509. The molecule has 1 aromatic rings. The van der Waals surface area contributed by atoms with Crippen molar-refractivity contribution in [2.24, 2.45) is 0 Å². The number of aliphatic carboxylic acids is 1. The molecule has 0 saturated carbocycles. The molecule has 0 bridgehead atoms. The van der Waals surface area contributed by atoms with Gasteiger partial charge in [0.05, 0.1) is 0 Å². The molecule has 1 aliphatic rings. The summed E-state index contributed by atoms with van der Waals surface area (Å²) in [6.07, 6.45) is -8.72. The van der Waals surface area contributed by atoms with E-state index in [4.69, 9.17) is 14.6 Å². The second kappa shape index (κ2) is 9.75. The Kier molecular flexibility index (Phi) is 7.66. The van der Waals surface area contributed by atoms with E-state index in [1.807, 2.05) is 0 Å². The van der Waals surface area contributed by atoms with Crippen LogP contribution in [-0.4, -0.2) is 76.6 Å². The number of ether oxygens (including phenoxy) is 2. The third-order valence-electron chi connectivity index (χ3n) is 4.15. The minimum Gasteiger partial charge on any atom is -0.479 e. The van der Waals surface area contributed by atoms with Gasteiger partial charge in [0.15, 0.2) is 6.10 Å². The third kappa shape index (κ3) is 5.14. The second-order valence-corrected chi connectivity index (χ2v) is 6.21. The Balaban J connectivity index is 2.14. The molecule has 0 radical (unpaired) electrons. The van der Waals surface area contributed by atoms with Gasteiger partial charge in [-0.05, 0) is 25.2 Å². The number of carbonyl (C=O) groups is 2. The lowest BCUT2D eigenvalue weighted by molar-refractivity contribution is -0.271. The van der Waals surface area contributed by atoms with E-state index in [-0.39, 0.29) is 23.6 Å². The molecule has 11 heteroatoms. The predicted octanol–water partition coefficient (Wildman–Crippen LogP) is -1.02. The first kappa shape index (κ1) is 22.0. The number of anilines is 1. The van der Waals surface area contributed by atoms with Crippen LogP contribution in [0.2, 0.25) is 0 Å². The van der Waals surface area contributed by atoms with Gasteiger partial charge in [-0.15, -0.1) is 0 Å². The molecule has 6 N–H and O–H groups in total. The number of carboxylic acid groups (broad SMARTS) is 1. The molecule has 1 fully saturated rings. The maximum Gasteiger partial charge on any atom is 0.335 e. The summed E-state index contributed by atoms with van der Waals surface area (Å²) in [4.78, 5) is 22.9. The van der Waals surface area contributed by atoms with Crippen LogP contribution in [0.3, 0.4) is 0 Å². The van der Waals surface area contributed by atoms with E-state index < -0.39 is 43.3 Å². The Hall–Kier alpha value is -2.31. The minimum absolute atomic E-state index is 0.00898. The number of hydrogen-bond donors (Lipinski definition) is 6. The molecule has 5 unspecified atom stereocenters. The fourth-order valence-electron chi connectivity index (χ4n) is 2.61. The van der Waals surface area contributed by atoms with E-state index in [2.05, 4.69) is 10.6 Å². The van der Waals surface area contributed by atoms with Crippen LogP contribution in [-0.2, 0) is 21.0 Å². The first-order valence-electron chi connectivity index (χ1n) is 8.51. The molecule has 10 nitrogen and oxygen atoms in total. The number of nitrogens with one attached hydrogen (secondary N) is 2. The molecule has 1 aromatic carbocycles. The first-order valence-corrected chi connectivity index (χ1v) is 8.51. The summed E-state index contributed by atoms with van der Waals surface area (Å²) >= 11 is 0. The zero-order valence-electron chi connectivity index (χ0n) is 15.0. The molecule has 0 aromatic heterocycles. The van der Waals surface area contributed by atoms with Gasteiger partial charge in [0.2, 0.25) is 12.2 Å². The summed E-state index contributed by atoms with van der Waals surface area (Å²) in [7, 11) is 1.70. The van der Waals surface area contributed by atoms with Crippen LogP contribution in [0.15, 0.2) is 18.2 Å². The van der Waals surface area contributed by atoms with E-state index in [1.165, 1.54) is 18.2 Å². The maximum atomic E-state index is 13.4. The number of benzene rings is 1. The molecular formula is C17H23FN2O8. The highest BCUT2D eigenvalue weighted by Gasteiger charge is 2.48. The van der Waals surface area contributed by atoms with Gasteiger partial charge in [0.1, 0.15) is 30.7 Å². The molecular weight excluding hydrogens is 379 g/mol. The van der Waals surface area contributed by atoms with Crippen molar-refractivity contribution in [1.29, 1.82) is 0 Å². The van der Waals surface area contributed by atoms with Crippen LogP contribution in [0.1, 0.15) is 12.0 Å². The van der Waals surface area contributed by atoms with Gasteiger partial charge in [-0.1, -0.05) is 0 Å². The van der Waals surface area contributed by atoms with Crippen molar-refractivity contribution in [1.82, 2.24) is 5.32 Å². The lowest BCUT2D eigenvalue weighted by Gasteiger charge is -2.38. The lowest BCUT2D eigenvalue weighted by Crippen LogP contribution is -2.61. The molecule has 1 amide bonds. The van der Waals surface area contributed by atoms with E-state index >= 15 is 0 Å². The Bertz CT molecular complexity index is 704. The number of amides is 1. The maximum absolute atomic E-state index is 13.4. The third-order valence-corrected chi connectivity index (χ3v) is 4.15. The van der Waals surface area contributed by atoms with Crippen LogP contribution in [0.25, 0.3) is 0 Å². The summed E-state index contributed by atoms with van der Waals surface area (Å²) < 4.78 is 23.8. The van der Waals surface area contributed by atoms with Crippen molar-refractivity contribution >= 4 is 17.6 Å². The van der Waals surface area contributed by atoms with Gasteiger partial charge in [0, 0.05) is 24.2 Å². The fraction of sp³-hybridized carbons (Fsp3) is 0.529. The van der Waals surface area contributed by atoms with Gasteiger partial charge >= 0.3 is 5.97 Å². The van der Waals surface area contributed by atoms with Crippen LogP contribution in [0, 0.1) is 0 Å². The van der Waals surface area contributed by atoms with Crippen molar-refractivity contribution in [3.63, 3.8) is 0 Å². The summed E-state index contributed by atoms with van der Waals surface area (Å²) in [5.74, 6) is -1.91. The number of carboxylic acids is 1. The summed E-state index contributed by atoms with van der Waals surface area (Å²) in [5, 5.41) is 43.9. The minimum atomic E-state index is -1.86. The largest absolute Gasteiger partial charge is 0.479 e. The number of hydrogen-bond acceptors (Lipinski definition) is 8. The molecule has 1 aliphatic heterocycles. The van der Waals surface area contributed by atoms with Gasteiger partial charge in [-0.2, -0.15) is 0 Å². The van der Waals surface area contributed by atoms with Gasteiger partial charge in [-0.3, -0.25) is 4.79 Å². The Labute approximate surface area is 159 Å². The van der Waals surface area contributed by atoms with Gasteiger partial charge in [0.25, 0.3) is 0 Å². The Morgan fingerprint density at radius 1 is 1.21 bits per heavy atom. The van der Waals surface area contributed by atoms with Gasteiger partial charge in [-0.25, -0.2) is 9.18 Å². The highest BCUT2D eigenvalue weighted by Crippen LogP contribution is 2.29. The molecule has 156 valence electrons. The van der Waals surface area contributed by atoms with Crippen molar-refractivity contribution in [2.75, 3.05) is 18.9 Å². The van der Waals surface area contributed by atoms with Crippen molar-refractivity contribution in [3.05, 3.63) is 23.8 Å². The van der Waals surface area contributed by atoms with Crippen LogP contribution in [0.4, 0.5) is 10.1 Å².